The van der Waals surface area contributed by atoms with Gasteiger partial charge < -0.3 is 9.80 Å². The van der Waals surface area contributed by atoms with Gasteiger partial charge in [0.1, 0.15) is 11.7 Å². The van der Waals surface area contributed by atoms with E-state index in [0.717, 1.165) is 25.9 Å². The second kappa shape index (κ2) is 5.63. The van der Waals surface area contributed by atoms with Gasteiger partial charge in [-0.25, -0.2) is 0 Å². The fourth-order valence-electron chi connectivity index (χ4n) is 2.86. The molecule has 1 aromatic carbocycles. The Kier molecular flexibility index (Phi) is 3.99. The summed E-state index contributed by atoms with van der Waals surface area (Å²) in [4.78, 5) is 18.0. The molecular formula is C16H23N3OS. The number of benzene rings is 1. The molecule has 1 N–H and O–H groups in total. The van der Waals surface area contributed by atoms with Gasteiger partial charge in [0.25, 0.3) is 0 Å². The minimum atomic E-state index is -0.255. The summed E-state index contributed by atoms with van der Waals surface area (Å²) in [5, 5.41) is 3.57. The monoisotopic (exact) mass is 305 g/mol. The van der Waals surface area contributed by atoms with Crippen LogP contribution in [0.2, 0.25) is 0 Å². The minimum absolute atomic E-state index is 0.0239. The number of carbonyl (C=O) groups is 1. The number of thioether (sulfide) groups is 1. The fraction of sp³-hybridized carbons (Fsp3) is 0.562. The number of nitrogens with zero attached hydrogens (tertiary/aromatic N) is 2. The molecule has 2 fully saturated rings. The third-order valence-electron chi connectivity index (χ3n) is 4.36. The van der Waals surface area contributed by atoms with E-state index in [9.17, 15) is 4.79 Å². The van der Waals surface area contributed by atoms with Crippen LogP contribution in [0.4, 0.5) is 0 Å². The first kappa shape index (κ1) is 14.9. The van der Waals surface area contributed by atoms with Crippen molar-refractivity contribution < 1.29 is 4.79 Å². The van der Waals surface area contributed by atoms with Crippen molar-refractivity contribution in [2.45, 2.75) is 29.4 Å². The highest BCUT2D eigenvalue weighted by molar-refractivity contribution is 7.98. The molecule has 0 radical (unpaired) electrons. The highest BCUT2D eigenvalue weighted by Gasteiger charge is 2.59. The molecule has 1 amide bonds. The van der Waals surface area contributed by atoms with Crippen molar-refractivity contribution in [3.8, 4) is 0 Å². The molecule has 1 aliphatic heterocycles. The van der Waals surface area contributed by atoms with Gasteiger partial charge in [-0.2, -0.15) is 0 Å². The molecule has 1 unspecified atom stereocenters. The predicted octanol–water partition coefficient (Wildman–Crippen LogP) is 1.93. The van der Waals surface area contributed by atoms with Gasteiger partial charge in [-0.15, -0.1) is 11.8 Å². The average Bonchev–Trinajstić information content (AvgIpc) is 3.21. The van der Waals surface area contributed by atoms with E-state index in [1.807, 2.05) is 19.0 Å². The molecule has 5 heteroatoms. The standard InChI is InChI=1S/C16H23N3OS/c1-18(2)10-11-19-14(17-16(8-9-16)15(19)20)12-4-6-13(21-3)7-5-12/h4-7,14,17H,8-11H2,1-3H3. The van der Waals surface area contributed by atoms with Gasteiger partial charge in [0.2, 0.25) is 5.91 Å². The molecule has 1 saturated carbocycles. The summed E-state index contributed by atoms with van der Waals surface area (Å²) in [6, 6.07) is 8.55. The number of carbonyl (C=O) groups excluding carboxylic acids is 1. The molecule has 1 saturated heterocycles. The van der Waals surface area contributed by atoms with Crippen LogP contribution in [0.25, 0.3) is 0 Å². The van der Waals surface area contributed by atoms with Gasteiger partial charge in [0.05, 0.1) is 0 Å². The lowest BCUT2D eigenvalue weighted by atomic mass is 10.1. The maximum Gasteiger partial charge on any atom is 0.244 e. The SMILES string of the molecule is CSc1ccc(C2NC3(CC3)C(=O)N2CCN(C)C)cc1. The van der Waals surface area contributed by atoms with E-state index < -0.39 is 0 Å². The van der Waals surface area contributed by atoms with Crippen molar-refractivity contribution in [1.82, 2.24) is 15.1 Å². The minimum Gasteiger partial charge on any atom is -0.320 e. The van der Waals surface area contributed by atoms with Gasteiger partial charge in [-0.05, 0) is 50.9 Å². The van der Waals surface area contributed by atoms with Crippen LogP contribution in [0.15, 0.2) is 29.2 Å². The van der Waals surface area contributed by atoms with Crippen LogP contribution in [0.5, 0.6) is 0 Å². The van der Waals surface area contributed by atoms with E-state index in [-0.39, 0.29) is 17.6 Å². The molecular weight excluding hydrogens is 282 g/mol. The second-order valence-electron chi connectivity index (χ2n) is 6.20. The molecule has 1 heterocycles. The van der Waals surface area contributed by atoms with E-state index in [1.165, 1.54) is 10.5 Å². The van der Waals surface area contributed by atoms with Crippen LogP contribution < -0.4 is 5.32 Å². The zero-order chi connectivity index (χ0) is 15.0. The van der Waals surface area contributed by atoms with Crippen LogP contribution >= 0.6 is 11.8 Å². The Balaban J connectivity index is 1.81. The van der Waals surface area contributed by atoms with E-state index in [4.69, 9.17) is 0 Å². The van der Waals surface area contributed by atoms with Gasteiger partial charge >= 0.3 is 0 Å². The summed E-state index contributed by atoms with van der Waals surface area (Å²) in [6.45, 7) is 1.67. The van der Waals surface area contributed by atoms with Crippen LogP contribution in [0.1, 0.15) is 24.6 Å². The molecule has 1 spiro atoms. The van der Waals surface area contributed by atoms with Crippen molar-refractivity contribution in [2.75, 3.05) is 33.4 Å². The number of rotatable bonds is 5. The quantitative estimate of drug-likeness (QED) is 0.843. The second-order valence-corrected chi connectivity index (χ2v) is 7.08. The zero-order valence-corrected chi connectivity index (χ0v) is 13.7. The Morgan fingerprint density at radius 2 is 2.00 bits per heavy atom. The van der Waals surface area contributed by atoms with Gasteiger partial charge in [-0.3, -0.25) is 10.1 Å². The highest BCUT2D eigenvalue weighted by Crippen LogP contribution is 2.45. The Morgan fingerprint density at radius 3 is 2.52 bits per heavy atom. The Bertz CT molecular complexity index is 525. The van der Waals surface area contributed by atoms with Gasteiger partial charge in [0.15, 0.2) is 0 Å². The molecule has 0 bridgehead atoms. The van der Waals surface area contributed by atoms with E-state index in [0.29, 0.717) is 0 Å². The lowest BCUT2D eigenvalue weighted by Gasteiger charge is -2.26. The molecule has 1 aromatic rings. The maximum atomic E-state index is 12.6. The van der Waals surface area contributed by atoms with Crippen molar-refractivity contribution in [1.29, 1.82) is 0 Å². The summed E-state index contributed by atoms with van der Waals surface area (Å²) in [6.07, 6.45) is 4.05. The maximum absolute atomic E-state index is 12.6. The first-order valence-electron chi connectivity index (χ1n) is 7.43. The summed E-state index contributed by atoms with van der Waals surface area (Å²) in [7, 11) is 4.09. The van der Waals surface area contributed by atoms with Crippen molar-refractivity contribution in [3.63, 3.8) is 0 Å². The largest absolute Gasteiger partial charge is 0.320 e. The molecule has 1 aliphatic carbocycles. The number of amides is 1. The zero-order valence-electron chi connectivity index (χ0n) is 12.9. The van der Waals surface area contributed by atoms with Gasteiger partial charge in [-0.1, -0.05) is 12.1 Å². The summed E-state index contributed by atoms with van der Waals surface area (Å²) in [5.74, 6) is 0.281. The van der Waals surface area contributed by atoms with E-state index in [2.05, 4.69) is 40.7 Å². The number of hydrogen-bond acceptors (Lipinski definition) is 4. The van der Waals surface area contributed by atoms with Gasteiger partial charge in [0, 0.05) is 18.0 Å². The molecule has 1 atom stereocenters. The van der Waals surface area contributed by atoms with E-state index >= 15 is 0 Å². The molecule has 114 valence electrons. The lowest BCUT2D eigenvalue weighted by Crippen LogP contribution is -2.37. The van der Waals surface area contributed by atoms with Crippen LogP contribution in [0.3, 0.4) is 0 Å². The van der Waals surface area contributed by atoms with Crippen molar-refractivity contribution in [2.24, 2.45) is 0 Å². The molecule has 2 aliphatic rings. The molecule has 21 heavy (non-hydrogen) atoms. The Morgan fingerprint density at radius 1 is 1.33 bits per heavy atom. The van der Waals surface area contributed by atoms with Crippen molar-refractivity contribution in [3.05, 3.63) is 29.8 Å². The molecule has 3 rings (SSSR count). The van der Waals surface area contributed by atoms with Crippen LogP contribution in [0, 0.1) is 0 Å². The van der Waals surface area contributed by atoms with Crippen molar-refractivity contribution >= 4 is 17.7 Å². The topological polar surface area (TPSA) is 35.6 Å². The first-order valence-corrected chi connectivity index (χ1v) is 8.66. The number of hydrogen-bond donors (Lipinski definition) is 1. The molecule has 4 nitrogen and oxygen atoms in total. The fourth-order valence-corrected chi connectivity index (χ4v) is 3.27. The first-order chi connectivity index (χ1) is 10.1. The number of nitrogens with one attached hydrogen (secondary N) is 1. The van der Waals surface area contributed by atoms with E-state index in [1.54, 1.807) is 11.8 Å². The summed E-state index contributed by atoms with van der Waals surface area (Å²) >= 11 is 1.74. The predicted molar refractivity (Wildman–Crippen MR) is 86.3 cm³/mol. The summed E-state index contributed by atoms with van der Waals surface area (Å²) in [5.41, 5.74) is 0.929. The van der Waals surface area contributed by atoms with Crippen LogP contribution in [-0.4, -0.2) is 54.7 Å². The number of likely N-dealkylation sites (N-methyl/N-ethyl adjacent to an activating group) is 1. The third-order valence-corrected chi connectivity index (χ3v) is 5.11. The smallest absolute Gasteiger partial charge is 0.244 e. The summed E-state index contributed by atoms with van der Waals surface area (Å²) < 4.78 is 0. The lowest BCUT2D eigenvalue weighted by molar-refractivity contribution is -0.131. The average molecular weight is 305 g/mol. The Hall–Kier alpha value is -1.04. The van der Waals surface area contributed by atoms with Crippen LogP contribution in [-0.2, 0) is 4.79 Å². The highest BCUT2D eigenvalue weighted by atomic mass is 32.2. The Labute approximate surface area is 130 Å². The molecule has 0 aromatic heterocycles. The normalized spacial score (nSPS) is 23.3. The third kappa shape index (κ3) is 2.82.